The molecule has 1 heterocycles. The molecule has 0 saturated carbocycles. The van der Waals surface area contributed by atoms with Gasteiger partial charge in [0.25, 0.3) is 5.69 Å². The van der Waals surface area contributed by atoms with Gasteiger partial charge < -0.3 is 9.47 Å². The zero-order valence-electron chi connectivity index (χ0n) is 10.3. The molecule has 0 atom stereocenters. The lowest BCUT2D eigenvalue weighted by atomic mass is 10.3. The smallest absolute Gasteiger partial charge is 0.323 e. The van der Waals surface area contributed by atoms with E-state index in [9.17, 15) is 10.1 Å². The van der Waals surface area contributed by atoms with Gasteiger partial charge in [-0.3, -0.25) is 10.1 Å². The fraction of sp³-hybridized carbons (Fsp3) is 0.0833. The van der Waals surface area contributed by atoms with Crippen molar-refractivity contribution in [2.45, 2.75) is 0 Å². The van der Waals surface area contributed by atoms with Gasteiger partial charge in [0, 0.05) is 12.3 Å². The molecule has 2 rings (SSSR count). The molecule has 1 aromatic heterocycles. The molecule has 0 amide bonds. The lowest BCUT2D eigenvalue weighted by Gasteiger charge is -2.08. The van der Waals surface area contributed by atoms with E-state index in [1.165, 1.54) is 37.6 Å². The van der Waals surface area contributed by atoms with Crippen molar-refractivity contribution in [1.29, 1.82) is 5.26 Å². The van der Waals surface area contributed by atoms with Crippen LogP contribution in [0.2, 0.25) is 0 Å². The molecule has 8 heteroatoms. The standard InChI is InChI=1S/C12H8N4O4/c1-19-11-6-9(16(17)18)2-3-10(11)20-12-14-5-4-8(7-13)15-12/h2-6H,1H3. The molecule has 0 bridgehead atoms. The molecule has 1 aromatic carbocycles. The number of nitro benzene ring substituents is 1. The Kier molecular flexibility index (Phi) is 3.72. The minimum atomic E-state index is -0.543. The van der Waals surface area contributed by atoms with Crippen LogP contribution in [0.3, 0.4) is 0 Å². The Labute approximate surface area is 113 Å². The van der Waals surface area contributed by atoms with Gasteiger partial charge in [0.2, 0.25) is 0 Å². The van der Waals surface area contributed by atoms with Crippen LogP contribution in [-0.4, -0.2) is 22.0 Å². The van der Waals surface area contributed by atoms with Gasteiger partial charge in [-0.2, -0.15) is 10.2 Å². The molecule has 0 aliphatic heterocycles. The van der Waals surface area contributed by atoms with E-state index in [0.29, 0.717) is 0 Å². The van der Waals surface area contributed by atoms with Crippen LogP contribution in [0.4, 0.5) is 5.69 Å². The highest BCUT2D eigenvalue weighted by Crippen LogP contribution is 2.33. The van der Waals surface area contributed by atoms with Gasteiger partial charge in [-0.05, 0) is 12.1 Å². The van der Waals surface area contributed by atoms with Crippen LogP contribution in [0.5, 0.6) is 17.5 Å². The minimum Gasteiger partial charge on any atom is -0.493 e. The molecule has 0 N–H and O–H groups in total. The molecule has 0 fully saturated rings. The summed E-state index contributed by atoms with van der Waals surface area (Å²) < 4.78 is 10.4. The molecule has 0 spiro atoms. The van der Waals surface area contributed by atoms with Gasteiger partial charge in [-0.1, -0.05) is 0 Å². The summed E-state index contributed by atoms with van der Waals surface area (Å²) in [6.07, 6.45) is 1.37. The Hall–Kier alpha value is -3.21. The first-order valence-electron chi connectivity index (χ1n) is 5.37. The van der Waals surface area contributed by atoms with Crippen molar-refractivity contribution < 1.29 is 14.4 Å². The van der Waals surface area contributed by atoms with Crippen molar-refractivity contribution in [1.82, 2.24) is 9.97 Å². The molecule has 2 aromatic rings. The molecule has 0 unspecified atom stereocenters. The van der Waals surface area contributed by atoms with Crippen LogP contribution in [0.15, 0.2) is 30.5 Å². The summed E-state index contributed by atoms with van der Waals surface area (Å²) in [4.78, 5) is 17.8. The van der Waals surface area contributed by atoms with E-state index in [-0.39, 0.29) is 28.9 Å². The predicted octanol–water partition coefficient (Wildman–Crippen LogP) is 2.06. The highest BCUT2D eigenvalue weighted by atomic mass is 16.6. The summed E-state index contributed by atoms with van der Waals surface area (Å²) >= 11 is 0. The largest absolute Gasteiger partial charge is 0.493 e. The maximum absolute atomic E-state index is 10.7. The van der Waals surface area contributed by atoms with E-state index in [2.05, 4.69) is 9.97 Å². The fourth-order valence-electron chi connectivity index (χ4n) is 1.40. The molecular weight excluding hydrogens is 264 g/mol. The Morgan fingerprint density at radius 1 is 1.35 bits per heavy atom. The van der Waals surface area contributed by atoms with Crippen LogP contribution in [0, 0.1) is 21.4 Å². The SMILES string of the molecule is COc1cc([N+](=O)[O-])ccc1Oc1nccc(C#N)n1. The van der Waals surface area contributed by atoms with E-state index in [1.807, 2.05) is 6.07 Å². The number of aromatic nitrogens is 2. The van der Waals surface area contributed by atoms with Gasteiger partial charge >= 0.3 is 6.01 Å². The molecule has 8 nitrogen and oxygen atoms in total. The van der Waals surface area contributed by atoms with Crippen molar-refractivity contribution in [3.63, 3.8) is 0 Å². The number of nitro groups is 1. The Bertz CT molecular complexity index is 696. The molecule has 0 saturated heterocycles. The second kappa shape index (κ2) is 5.62. The fourth-order valence-corrected chi connectivity index (χ4v) is 1.40. The molecule has 20 heavy (non-hydrogen) atoms. The van der Waals surface area contributed by atoms with Crippen molar-refractivity contribution >= 4 is 5.69 Å². The van der Waals surface area contributed by atoms with Gasteiger partial charge in [0.05, 0.1) is 18.1 Å². The summed E-state index contributed by atoms with van der Waals surface area (Å²) in [5, 5.41) is 19.4. The average molecular weight is 272 g/mol. The van der Waals surface area contributed by atoms with E-state index >= 15 is 0 Å². The average Bonchev–Trinajstić information content (AvgIpc) is 2.47. The molecule has 0 radical (unpaired) electrons. The van der Waals surface area contributed by atoms with Gasteiger partial charge in [0.15, 0.2) is 11.5 Å². The predicted molar refractivity (Wildman–Crippen MR) is 66.5 cm³/mol. The van der Waals surface area contributed by atoms with Crippen LogP contribution >= 0.6 is 0 Å². The number of hydrogen-bond acceptors (Lipinski definition) is 7. The van der Waals surface area contributed by atoms with Crippen LogP contribution in [0.1, 0.15) is 5.69 Å². The highest BCUT2D eigenvalue weighted by Gasteiger charge is 2.14. The van der Waals surface area contributed by atoms with E-state index in [0.717, 1.165) is 0 Å². The molecule has 0 aliphatic carbocycles. The van der Waals surface area contributed by atoms with Crippen LogP contribution < -0.4 is 9.47 Å². The van der Waals surface area contributed by atoms with Gasteiger partial charge in [-0.15, -0.1) is 0 Å². The summed E-state index contributed by atoms with van der Waals surface area (Å²) in [6, 6.07) is 7.11. The van der Waals surface area contributed by atoms with Gasteiger partial charge in [0.1, 0.15) is 11.8 Å². The highest BCUT2D eigenvalue weighted by molar-refractivity contribution is 5.49. The molecule has 100 valence electrons. The van der Waals surface area contributed by atoms with E-state index < -0.39 is 4.92 Å². The van der Waals surface area contributed by atoms with Gasteiger partial charge in [-0.25, -0.2) is 4.98 Å². The zero-order chi connectivity index (χ0) is 14.5. The topological polar surface area (TPSA) is 111 Å². The number of nitrogens with zero attached hydrogens (tertiary/aromatic N) is 4. The maximum Gasteiger partial charge on any atom is 0.323 e. The summed E-state index contributed by atoms with van der Waals surface area (Å²) in [5.41, 5.74) is 0.0248. The third-order valence-electron chi connectivity index (χ3n) is 2.31. The second-order valence-corrected chi connectivity index (χ2v) is 3.53. The van der Waals surface area contributed by atoms with Crippen molar-refractivity contribution in [2.24, 2.45) is 0 Å². The lowest BCUT2D eigenvalue weighted by Crippen LogP contribution is -1.97. The normalized spacial score (nSPS) is 9.60. The molecular formula is C12H8N4O4. The number of ether oxygens (including phenoxy) is 2. The first-order valence-corrected chi connectivity index (χ1v) is 5.37. The third-order valence-corrected chi connectivity index (χ3v) is 2.31. The Morgan fingerprint density at radius 2 is 2.15 bits per heavy atom. The quantitative estimate of drug-likeness (QED) is 0.618. The minimum absolute atomic E-state index is 0.0452. The van der Waals surface area contributed by atoms with E-state index in [1.54, 1.807) is 0 Å². The monoisotopic (exact) mass is 272 g/mol. The Morgan fingerprint density at radius 3 is 2.80 bits per heavy atom. The van der Waals surface area contributed by atoms with Crippen molar-refractivity contribution in [3.8, 4) is 23.6 Å². The Balaban J connectivity index is 2.33. The summed E-state index contributed by atoms with van der Waals surface area (Å²) in [7, 11) is 1.36. The van der Waals surface area contributed by atoms with E-state index in [4.69, 9.17) is 14.7 Å². The number of nitriles is 1. The third kappa shape index (κ3) is 2.78. The van der Waals surface area contributed by atoms with Crippen molar-refractivity contribution in [3.05, 3.63) is 46.3 Å². The number of benzene rings is 1. The lowest BCUT2D eigenvalue weighted by molar-refractivity contribution is -0.384. The number of rotatable bonds is 4. The molecule has 0 aliphatic rings. The first-order chi connectivity index (χ1) is 9.63. The zero-order valence-corrected chi connectivity index (χ0v) is 10.3. The van der Waals surface area contributed by atoms with Crippen LogP contribution in [-0.2, 0) is 0 Å². The van der Waals surface area contributed by atoms with Crippen LogP contribution in [0.25, 0.3) is 0 Å². The second-order valence-electron chi connectivity index (χ2n) is 3.53. The maximum atomic E-state index is 10.7. The first kappa shape index (κ1) is 13.2. The number of methoxy groups -OCH3 is 1. The van der Waals surface area contributed by atoms with Crippen molar-refractivity contribution in [2.75, 3.05) is 7.11 Å². The number of hydrogen-bond donors (Lipinski definition) is 0. The number of non-ortho nitro benzene ring substituents is 1. The summed E-state index contributed by atoms with van der Waals surface area (Å²) in [5.74, 6) is 0.387. The summed E-state index contributed by atoms with van der Waals surface area (Å²) in [6.45, 7) is 0.